The highest BCUT2D eigenvalue weighted by Gasteiger charge is 2.03. The Hall–Kier alpha value is -0.850. The number of aryl methyl sites for hydroxylation is 2. The smallest absolute Gasteiger partial charge is 0.171 e. The van der Waals surface area contributed by atoms with Crippen molar-refractivity contribution in [3.8, 4) is 0 Å². The lowest BCUT2D eigenvalue weighted by atomic mass is 10.0. The molecular weight excluding hydrogens is 434 g/mol. The lowest BCUT2D eigenvalue weighted by Crippen LogP contribution is -2.33. The highest BCUT2D eigenvalue weighted by atomic mass is 14.9. The van der Waals surface area contributed by atoms with Gasteiger partial charge in [0.1, 0.15) is 6.54 Å². The summed E-state index contributed by atoms with van der Waals surface area (Å²) in [5.41, 5.74) is 1.54. The van der Waals surface area contributed by atoms with Gasteiger partial charge in [0.15, 0.2) is 12.4 Å². The van der Waals surface area contributed by atoms with Crippen LogP contribution in [-0.2, 0) is 13.0 Å². The van der Waals surface area contributed by atoms with Crippen LogP contribution in [0.1, 0.15) is 186 Å². The number of unbranched alkanes of at least 4 members (excludes halogenated alkanes) is 24. The molecular formula is C35H66N+. The molecule has 1 aromatic rings. The quantitative estimate of drug-likeness (QED) is 0.0795. The number of aromatic nitrogens is 1. The molecule has 210 valence electrons. The maximum atomic E-state index is 2.44. The molecule has 1 nitrogen and oxygen atoms in total. The van der Waals surface area contributed by atoms with Crippen LogP contribution in [0.25, 0.3) is 0 Å². The molecule has 0 aliphatic rings. The van der Waals surface area contributed by atoms with Crippen molar-refractivity contribution in [1.82, 2.24) is 0 Å². The first-order chi connectivity index (χ1) is 17.9. The molecule has 0 radical (unpaired) electrons. The van der Waals surface area contributed by atoms with E-state index in [1.807, 2.05) is 0 Å². The van der Waals surface area contributed by atoms with Crippen LogP contribution in [0.3, 0.4) is 0 Å². The minimum atomic E-state index is 1.20. The van der Waals surface area contributed by atoms with Crippen molar-refractivity contribution >= 4 is 0 Å². The van der Waals surface area contributed by atoms with E-state index in [2.05, 4.69) is 42.9 Å². The Morgan fingerprint density at radius 1 is 0.444 bits per heavy atom. The Kier molecular flexibility index (Phi) is 25.1. The largest absolute Gasteiger partial charge is 0.205 e. The van der Waals surface area contributed by atoms with Crippen molar-refractivity contribution in [1.29, 1.82) is 0 Å². The molecule has 36 heavy (non-hydrogen) atoms. The van der Waals surface area contributed by atoms with Crippen molar-refractivity contribution in [3.05, 3.63) is 30.1 Å². The van der Waals surface area contributed by atoms with Crippen LogP contribution in [0.4, 0.5) is 0 Å². The maximum Gasteiger partial charge on any atom is 0.171 e. The number of nitrogens with zero attached hydrogens (tertiary/aromatic N) is 1. The monoisotopic (exact) mass is 501 g/mol. The molecule has 1 heteroatoms. The van der Waals surface area contributed by atoms with Crippen molar-refractivity contribution in [2.24, 2.45) is 0 Å². The number of hydrogen-bond donors (Lipinski definition) is 0. The maximum absolute atomic E-state index is 2.44. The van der Waals surface area contributed by atoms with E-state index in [4.69, 9.17) is 0 Å². The molecule has 1 rings (SSSR count). The molecule has 1 aromatic heterocycles. The van der Waals surface area contributed by atoms with E-state index in [0.717, 1.165) is 0 Å². The van der Waals surface area contributed by atoms with Crippen molar-refractivity contribution in [2.75, 3.05) is 0 Å². The molecule has 0 unspecified atom stereocenters. The first-order valence-corrected chi connectivity index (χ1v) is 16.8. The number of pyridine rings is 1. The highest BCUT2D eigenvalue weighted by Crippen LogP contribution is 2.14. The fourth-order valence-electron chi connectivity index (χ4n) is 5.52. The van der Waals surface area contributed by atoms with Crippen molar-refractivity contribution in [2.45, 2.75) is 194 Å². The summed E-state index contributed by atoms with van der Waals surface area (Å²) < 4.78 is 2.44. The summed E-state index contributed by atoms with van der Waals surface area (Å²) in [5, 5.41) is 0. The second-order valence-electron chi connectivity index (χ2n) is 11.7. The van der Waals surface area contributed by atoms with Crippen LogP contribution >= 0.6 is 0 Å². The third kappa shape index (κ3) is 22.4. The predicted molar refractivity (Wildman–Crippen MR) is 162 cm³/mol. The molecule has 0 spiro atoms. The van der Waals surface area contributed by atoms with E-state index < -0.39 is 0 Å². The summed E-state index contributed by atoms with van der Waals surface area (Å²) in [4.78, 5) is 0. The fourth-order valence-corrected chi connectivity index (χ4v) is 5.52. The average Bonchev–Trinajstić information content (AvgIpc) is 2.90. The Morgan fingerprint density at radius 3 is 1.22 bits per heavy atom. The van der Waals surface area contributed by atoms with E-state index in [0.29, 0.717) is 0 Å². The summed E-state index contributed by atoms with van der Waals surface area (Å²) in [6.07, 6.45) is 43.3. The summed E-state index contributed by atoms with van der Waals surface area (Å²) in [6.45, 7) is 5.80. The Morgan fingerprint density at radius 2 is 0.806 bits per heavy atom. The van der Waals surface area contributed by atoms with Crippen molar-refractivity contribution in [3.63, 3.8) is 0 Å². The topological polar surface area (TPSA) is 3.88 Å². The number of hydrogen-bond acceptors (Lipinski definition) is 0. The predicted octanol–water partition coefficient (Wildman–Crippen LogP) is 11.7. The van der Waals surface area contributed by atoms with Gasteiger partial charge in [0.05, 0.1) is 0 Å². The minimum absolute atomic E-state index is 1.20. The second-order valence-corrected chi connectivity index (χ2v) is 11.7. The summed E-state index contributed by atoms with van der Waals surface area (Å²) in [5.74, 6) is 0. The third-order valence-electron chi connectivity index (χ3n) is 8.01. The van der Waals surface area contributed by atoms with Gasteiger partial charge in [-0.1, -0.05) is 162 Å². The van der Waals surface area contributed by atoms with Gasteiger partial charge in [-0.15, -0.1) is 0 Å². The Labute approximate surface area is 228 Å². The summed E-state index contributed by atoms with van der Waals surface area (Å²) >= 11 is 0. The standard InChI is InChI=1S/C35H66N/c1-3-5-7-9-11-13-15-17-18-19-21-23-25-27-30-35-31-29-33-36(34-35)32-28-26-24-22-20-16-14-12-10-8-6-4-2/h29,31,33-34H,3-28,30,32H2,1-2H3/q+1. The van der Waals surface area contributed by atoms with Gasteiger partial charge in [0.2, 0.25) is 0 Å². The third-order valence-corrected chi connectivity index (χ3v) is 8.01. The molecule has 0 aliphatic heterocycles. The van der Waals surface area contributed by atoms with Gasteiger partial charge in [0.25, 0.3) is 0 Å². The molecule has 0 amide bonds. The SMILES string of the molecule is CCCCCCCCCCCCCCCCc1ccc[n+](CCCCCCCCCCCCCC)c1. The van der Waals surface area contributed by atoms with Crippen LogP contribution in [0.2, 0.25) is 0 Å². The average molecular weight is 501 g/mol. The molecule has 0 aliphatic carbocycles. The van der Waals surface area contributed by atoms with E-state index in [1.165, 1.54) is 185 Å². The van der Waals surface area contributed by atoms with Crippen LogP contribution in [0.15, 0.2) is 24.5 Å². The molecule has 0 fully saturated rings. The van der Waals surface area contributed by atoms with E-state index in [-0.39, 0.29) is 0 Å². The first-order valence-electron chi connectivity index (χ1n) is 16.8. The second kappa shape index (κ2) is 27.2. The van der Waals surface area contributed by atoms with Gasteiger partial charge in [-0.05, 0) is 25.3 Å². The lowest BCUT2D eigenvalue weighted by molar-refractivity contribution is -0.697. The van der Waals surface area contributed by atoms with Gasteiger partial charge in [-0.3, -0.25) is 0 Å². The molecule has 0 atom stereocenters. The van der Waals surface area contributed by atoms with Crippen LogP contribution in [0, 0.1) is 0 Å². The zero-order valence-corrected chi connectivity index (χ0v) is 25.1. The van der Waals surface area contributed by atoms with E-state index in [9.17, 15) is 0 Å². The van der Waals surface area contributed by atoms with Gasteiger partial charge in [-0.2, -0.15) is 0 Å². The zero-order chi connectivity index (χ0) is 25.8. The summed E-state index contributed by atoms with van der Waals surface area (Å²) in [6, 6.07) is 4.60. The Balaban J connectivity index is 1.89. The Bertz CT molecular complexity index is 551. The lowest BCUT2D eigenvalue weighted by Gasteiger charge is -2.04. The van der Waals surface area contributed by atoms with Crippen molar-refractivity contribution < 1.29 is 4.57 Å². The highest BCUT2D eigenvalue weighted by molar-refractivity contribution is 5.05. The van der Waals surface area contributed by atoms with Gasteiger partial charge >= 0.3 is 0 Å². The first kappa shape index (κ1) is 33.2. The van der Waals surface area contributed by atoms with Crippen LogP contribution in [0.5, 0.6) is 0 Å². The van der Waals surface area contributed by atoms with Crippen LogP contribution in [-0.4, -0.2) is 0 Å². The molecule has 0 N–H and O–H groups in total. The molecule has 0 bridgehead atoms. The molecule has 1 heterocycles. The molecule has 0 aromatic carbocycles. The molecule has 0 saturated heterocycles. The normalized spacial score (nSPS) is 11.4. The number of rotatable bonds is 28. The fraction of sp³-hybridized carbons (Fsp3) is 0.857. The van der Waals surface area contributed by atoms with Crippen LogP contribution < -0.4 is 4.57 Å². The van der Waals surface area contributed by atoms with Gasteiger partial charge < -0.3 is 0 Å². The zero-order valence-electron chi connectivity index (χ0n) is 25.1. The van der Waals surface area contributed by atoms with Gasteiger partial charge in [-0.25, -0.2) is 4.57 Å². The van der Waals surface area contributed by atoms with Gasteiger partial charge in [0, 0.05) is 18.1 Å². The minimum Gasteiger partial charge on any atom is -0.205 e. The van der Waals surface area contributed by atoms with E-state index in [1.54, 1.807) is 0 Å². The molecule has 0 saturated carbocycles. The summed E-state index contributed by atoms with van der Waals surface area (Å²) in [7, 11) is 0. The van der Waals surface area contributed by atoms with E-state index >= 15 is 0 Å².